The van der Waals surface area contributed by atoms with Crippen LogP contribution in [0.25, 0.3) is 110 Å². The van der Waals surface area contributed by atoms with Crippen LogP contribution in [-0.4, -0.2) is 18.3 Å². The Hall–Kier alpha value is -8.58. The van der Waals surface area contributed by atoms with Gasteiger partial charge in [0, 0.05) is 49.0 Å². The summed E-state index contributed by atoms with van der Waals surface area (Å²) in [6, 6.07) is 62.2. The van der Waals surface area contributed by atoms with Crippen LogP contribution in [0.3, 0.4) is 0 Å². The van der Waals surface area contributed by atoms with E-state index in [2.05, 4.69) is 199 Å². The van der Waals surface area contributed by atoms with Gasteiger partial charge in [-0.15, -0.1) is 0 Å². The average molecular weight is 791 g/mol. The monoisotopic (exact) mass is 790 g/mol. The fourth-order valence-corrected chi connectivity index (χ4v) is 10.7. The number of hydrogen-bond acceptors (Lipinski definition) is 1. The van der Waals surface area contributed by atoms with Crippen molar-refractivity contribution in [3.05, 3.63) is 204 Å². The highest BCUT2D eigenvalue weighted by molar-refractivity contribution is 6.15. The molecule has 4 heterocycles. The number of benzene rings is 8. The molecule has 1 aliphatic rings. The third-order valence-corrected chi connectivity index (χ3v) is 13.1. The Morgan fingerprint density at radius 2 is 0.774 bits per heavy atom. The van der Waals surface area contributed by atoms with Crippen LogP contribution in [0.2, 0.25) is 0 Å². The molecule has 0 amide bonds. The molecule has 13 rings (SSSR count). The van der Waals surface area contributed by atoms with Crippen LogP contribution in [0.4, 0.5) is 5.69 Å². The van der Waals surface area contributed by atoms with E-state index in [1.54, 1.807) is 0 Å². The number of hydrogen-bond donors (Lipinski definition) is 0. The standard InChI is InChI=1S/C56H34N6/c1-58-52-53(59-44-26-10-2-18-35(44)36-19-3-11-27-45(36)59)43(34-57)54(60-46-28-12-4-20-37(46)38-21-5-13-29-47(38)60)56(62-50-32-16-8-24-41(50)42-25-9-17-33-51(42)62)55(52)61-48-30-14-6-22-39(48)40-23-7-15-31-49(40)61/h2-12,14-28,30-33H,13,29H2. The second-order valence-electron chi connectivity index (χ2n) is 16.1. The second kappa shape index (κ2) is 13.0. The number of para-hydroxylation sites is 7. The Kier molecular flexibility index (Phi) is 7.17. The number of allylic oxidation sites excluding steroid dienone is 1. The molecule has 6 nitrogen and oxygen atoms in total. The molecule has 0 fully saturated rings. The van der Waals surface area contributed by atoms with Crippen molar-refractivity contribution in [2.75, 3.05) is 0 Å². The summed E-state index contributed by atoms with van der Waals surface area (Å²) in [7, 11) is 0. The molecule has 0 radical (unpaired) electrons. The molecule has 0 atom stereocenters. The molecular weight excluding hydrogens is 757 g/mol. The minimum absolute atomic E-state index is 0.394. The molecule has 6 heteroatoms. The Morgan fingerprint density at radius 1 is 0.419 bits per heavy atom. The zero-order valence-corrected chi connectivity index (χ0v) is 33.4. The first-order valence-corrected chi connectivity index (χ1v) is 21.0. The van der Waals surface area contributed by atoms with Crippen molar-refractivity contribution in [2.24, 2.45) is 0 Å². The maximum atomic E-state index is 12.1. The molecule has 288 valence electrons. The molecule has 12 aromatic rings. The van der Waals surface area contributed by atoms with Crippen molar-refractivity contribution in [3.63, 3.8) is 0 Å². The number of nitriles is 1. The zero-order valence-electron chi connectivity index (χ0n) is 33.4. The van der Waals surface area contributed by atoms with Crippen molar-refractivity contribution in [2.45, 2.75) is 12.8 Å². The lowest BCUT2D eigenvalue weighted by Crippen LogP contribution is -2.16. The highest BCUT2D eigenvalue weighted by Gasteiger charge is 2.35. The van der Waals surface area contributed by atoms with Gasteiger partial charge in [-0.05, 0) is 55.3 Å². The van der Waals surface area contributed by atoms with Crippen LogP contribution in [0, 0.1) is 17.9 Å². The van der Waals surface area contributed by atoms with E-state index in [1.807, 2.05) is 12.1 Å². The minimum atomic E-state index is 0.394. The third kappa shape index (κ3) is 4.45. The number of rotatable bonds is 4. The molecule has 0 spiro atoms. The molecule has 1 aliphatic carbocycles. The van der Waals surface area contributed by atoms with E-state index in [9.17, 15) is 11.8 Å². The Bertz CT molecular complexity index is 3860. The molecule has 0 aliphatic heterocycles. The molecular formula is C56H34N6. The Balaban J connectivity index is 1.39. The summed E-state index contributed by atoms with van der Waals surface area (Å²) >= 11 is 0. The van der Waals surface area contributed by atoms with Gasteiger partial charge in [-0.3, -0.25) is 0 Å². The summed E-state index contributed by atoms with van der Waals surface area (Å²) in [5, 5.41) is 19.8. The summed E-state index contributed by atoms with van der Waals surface area (Å²) < 4.78 is 9.19. The fraction of sp³-hybridized carbons (Fsp3) is 0.0357. The van der Waals surface area contributed by atoms with Crippen molar-refractivity contribution in [3.8, 4) is 28.8 Å². The normalized spacial score (nSPS) is 12.6. The maximum Gasteiger partial charge on any atom is 0.237 e. The van der Waals surface area contributed by atoms with E-state index in [4.69, 9.17) is 0 Å². The summed E-state index contributed by atoms with van der Waals surface area (Å²) in [6.45, 7) is 9.47. The van der Waals surface area contributed by atoms with Crippen molar-refractivity contribution >= 4 is 88.1 Å². The van der Waals surface area contributed by atoms with Crippen LogP contribution in [0.5, 0.6) is 0 Å². The SMILES string of the molecule is [C-]#[N+]c1c(-n2c3ccccc3c3ccccc32)c(C#N)c(-n2c3c(c4ccccc42)C=CCC3)c(-n2c3ccccc3c3ccccc32)c1-n1c2ccccc2c2ccccc21. The van der Waals surface area contributed by atoms with Gasteiger partial charge in [-0.2, -0.15) is 5.26 Å². The predicted octanol–water partition coefficient (Wildman–Crippen LogP) is 14.3. The van der Waals surface area contributed by atoms with E-state index in [-0.39, 0.29) is 0 Å². The van der Waals surface area contributed by atoms with Gasteiger partial charge in [0.05, 0.1) is 73.5 Å². The van der Waals surface area contributed by atoms with Crippen molar-refractivity contribution < 1.29 is 0 Å². The lowest BCUT2D eigenvalue weighted by Gasteiger charge is -2.28. The van der Waals surface area contributed by atoms with Gasteiger partial charge < -0.3 is 18.3 Å². The fourth-order valence-electron chi connectivity index (χ4n) is 10.7. The summed E-state index contributed by atoms with van der Waals surface area (Å²) in [4.78, 5) is 4.64. The molecule has 4 aromatic heterocycles. The zero-order chi connectivity index (χ0) is 41.1. The smallest absolute Gasteiger partial charge is 0.237 e. The molecule has 0 N–H and O–H groups in total. The van der Waals surface area contributed by atoms with Gasteiger partial charge in [0.2, 0.25) is 5.69 Å². The highest BCUT2D eigenvalue weighted by Crippen LogP contribution is 2.51. The first-order chi connectivity index (χ1) is 30.8. The Morgan fingerprint density at radius 3 is 1.18 bits per heavy atom. The van der Waals surface area contributed by atoms with Crippen LogP contribution in [-0.2, 0) is 6.42 Å². The van der Waals surface area contributed by atoms with Crippen molar-refractivity contribution in [1.29, 1.82) is 5.26 Å². The molecule has 0 bridgehead atoms. The van der Waals surface area contributed by atoms with Crippen LogP contribution in [0.1, 0.15) is 23.2 Å². The van der Waals surface area contributed by atoms with Gasteiger partial charge in [0.1, 0.15) is 6.07 Å². The van der Waals surface area contributed by atoms with E-state index in [0.717, 1.165) is 112 Å². The first-order valence-electron chi connectivity index (χ1n) is 21.0. The molecule has 0 unspecified atom stereocenters. The summed E-state index contributed by atoms with van der Waals surface area (Å²) in [5.41, 5.74) is 12.7. The minimum Gasteiger partial charge on any atom is -0.318 e. The average Bonchev–Trinajstić information content (AvgIpc) is 4.06. The molecule has 8 aromatic carbocycles. The van der Waals surface area contributed by atoms with E-state index in [0.29, 0.717) is 22.6 Å². The van der Waals surface area contributed by atoms with Crippen LogP contribution < -0.4 is 0 Å². The van der Waals surface area contributed by atoms with Gasteiger partial charge in [-0.1, -0.05) is 140 Å². The topological polar surface area (TPSA) is 47.9 Å². The van der Waals surface area contributed by atoms with E-state index in [1.165, 1.54) is 0 Å². The summed E-state index contributed by atoms with van der Waals surface area (Å²) in [6.07, 6.45) is 6.17. The Labute approximate surface area is 356 Å². The van der Waals surface area contributed by atoms with E-state index >= 15 is 0 Å². The number of nitrogens with zero attached hydrogens (tertiary/aromatic N) is 6. The van der Waals surface area contributed by atoms with Gasteiger partial charge in [0.25, 0.3) is 0 Å². The molecule has 62 heavy (non-hydrogen) atoms. The largest absolute Gasteiger partial charge is 0.318 e. The first kappa shape index (κ1) is 34.3. The second-order valence-corrected chi connectivity index (χ2v) is 16.1. The lowest BCUT2D eigenvalue weighted by molar-refractivity contribution is 0.879. The van der Waals surface area contributed by atoms with Gasteiger partial charge >= 0.3 is 0 Å². The van der Waals surface area contributed by atoms with E-state index < -0.39 is 0 Å². The van der Waals surface area contributed by atoms with Gasteiger partial charge in [0.15, 0.2) is 0 Å². The maximum absolute atomic E-state index is 12.1. The van der Waals surface area contributed by atoms with Gasteiger partial charge in [-0.25, -0.2) is 4.85 Å². The van der Waals surface area contributed by atoms with Crippen LogP contribution in [0.15, 0.2) is 176 Å². The predicted molar refractivity (Wildman–Crippen MR) is 255 cm³/mol. The lowest BCUT2D eigenvalue weighted by atomic mass is 10.0. The highest BCUT2D eigenvalue weighted by atomic mass is 15.1. The molecule has 0 saturated heterocycles. The van der Waals surface area contributed by atoms with Crippen LogP contribution >= 0.6 is 0 Å². The number of aromatic nitrogens is 4. The third-order valence-electron chi connectivity index (χ3n) is 13.1. The quantitative estimate of drug-likeness (QED) is 0.164. The molecule has 0 saturated carbocycles. The summed E-state index contributed by atoms with van der Waals surface area (Å²) in [5.74, 6) is 0. The van der Waals surface area contributed by atoms with Crippen molar-refractivity contribution in [1.82, 2.24) is 18.3 Å². The number of fused-ring (bicyclic) bond motifs is 12.